The van der Waals surface area contributed by atoms with Gasteiger partial charge in [-0.05, 0) is 90.6 Å². The molecule has 0 spiro atoms. The Morgan fingerprint density at radius 1 is 0.928 bits per heavy atom. The first-order valence-electron chi connectivity index (χ1n) is 29.6. The van der Waals surface area contributed by atoms with E-state index in [4.69, 9.17) is 24.2 Å². The number of ether oxygens (including phenoxy) is 1. The number of piperazine rings is 2. The van der Waals surface area contributed by atoms with Crippen LogP contribution in [0.4, 0.5) is 20.4 Å². The Balaban J connectivity index is 0.643. The molecule has 6 atom stereocenters. The lowest BCUT2D eigenvalue weighted by Crippen LogP contribution is -2.53. The van der Waals surface area contributed by atoms with E-state index in [0.29, 0.717) is 125 Å². The first-order valence-corrected chi connectivity index (χ1v) is 29.6. The summed E-state index contributed by atoms with van der Waals surface area (Å²) >= 11 is 0. The van der Waals surface area contributed by atoms with Gasteiger partial charge < -0.3 is 44.8 Å². The molecule has 0 saturated carbocycles. The molecule has 5 aliphatic rings. The lowest BCUT2D eigenvalue weighted by Gasteiger charge is -2.41. The maximum absolute atomic E-state index is 17.1. The highest BCUT2D eigenvalue weighted by atomic mass is 19.1. The molecule has 3 aromatic carbocycles. The molecule has 83 heavy (non-hydrogen) atoms. The number of aromatic hydroxyl groups is 1. The van der Waals surface area contributed by atoms with Crippen LogP contribution in [0.25, 0.3) is 44.2 Å². The summed E-state index contributed by atoms with van der Waals surface area (Å²) in [6.45, 7) is 13.9. The number of pyridine rings is 1. The van der Waals surface area contributed by atoms with Crippen molar-refractivity contribution < 1.29 is 37.8 Å². The van der Waals surface area contributed by atoms with Crippen LogP contribution in [-0.2, 0) is 23.1 Å². The minimum Gasteiger partial charge on any atom is -0.508 e. The van der Waals surface area contributed by atoms with Crippen molar-refractivity contribution in [2.24, 2.45) is 13.0 Å². The predicted octanol–water partition coefficient (Wildman–Crippen LogP) is 7.17. The third-order valence-corrected chi connectivity index (χ3v) is 17.9. The van der Waals surface area contributed by atoms with E-state index in [-0.39, 0.29) is 66.3 Å². The highest BCUT2D eigenvalue weighted by Gasteiger charge is 2.44. The number of hydrogen-bond donors (Lipinski definition) is 4. The fourth-order valence-corrected chi connectivity index (χ4v) is 13.4. The smallest absolute Gasteiger partial charge is 0.319 e. The van der Waals surface area contributed by atoms with Crippen LogP contribution in [0.1, 0.15) is 88.6 Å². The lowest BCUT2D eigenvalue weighted by atomic mass is 9.91. The van der Waals surface area contributed by atoms with Gasteiger partial charge in [0.25, 0.3) is 0 Å². The molecular formula is C62H75F2N13O6. The zero-order valence-corrected chi connectivity index (χ0v) is 48.0. The minimum atomic E-state index is -1.37. The van der Waals surface area contributed by atoms with Gasteiger partial charge in [-0.2, -0.15) is 15.1 Å². The summed E-state index contributed by atoms with van der Waals surface area (Å²) in [4.78, 5) is 52.7. The Hall–Kier alpha value is -7.33. The Bertz CT molecular complexity index is 3480. The van der Waals surface area contributed by atoms with E-state index in [9.17, 15) is 19.8 Å². The first-order chi connectivity index (χ1) is 40.1. The van der Waals surface area contributed by atoms with Crippen molar-refractivity contribution in [1.82, 2.24) is 55.2 Å². The molecule has 12 rings (SSSR count). The Kier molecular flexibility index (Phi) is 15.8. The number of hydrogen-bond acceptors (Lipinski definition) is 16. The molecule has 2 unspecified atom stereocenters. The third kappa shape index (κ3) is 11.6. The van der Waals surface area contributed by atoms with Crippen LogP contribution in [0, 0.1) is 11.7 Å². The van der Waals surface area contributed by atoms with Crippen LogP contribution in [0.2, 0.25) is 0 Å². The number of aliphatic hydroxyl groups is 1. The van der Waals surface area contributed by atoms with Crippen molar-refractivity contribution in [2.45, 2.75) is 108 Å². The topological polar surface area (TPSA) is 207 Å². The summed E-state index contributed by atoms with van der Waals surface area (Å²) in [5, 5.41) is 39.1. The van der Waals surface area contributed by atoms with Crippen molar-refractivity contribution in [3.63, 3.8) is 0 Å². The van der Waals surface area contributed by atoms with E-state index < -0.39 is 29.5 Å². The van der Waals surface area contributed by atoms with Crippen molar-refractivity contribution in [2.75, 3.05) is 88.4 Å². The zero-order valence-electron chi connectivity index (χ0n) is 48.0. The highest BCUT2D eigenvalue weighted by molar-refractivity contribution is 6.02. The number of phenolic OH excluding ortho intramolecular Hbond substituents is 1. The van der Waals surface area contributed by atoms with Gasteiger partial charge in [-0.3, -0.25) is 29.1 Å². The van der Waals surface area contributed by atoms with Crippen LogP contribution < -0.4 is 25.2 Å². The fraction of sp³-hybridized carbons (Fsp3) is 0.500. The van der Waals surface area contributed by atoms with Crippen LogP contribution in [0.15, 0.2) is 83.6 Å². The second kappa shape index (κ2) is 23.4. The van der Waals surface area contributed by atoms with Crippen molar-refractivity contribution in [3.8, 4) is 34.3 Å². The Morgan fingerprint density at radius 3 is 2.40 bits per heavy atom. The minimum absolute atomic E-state index is 0.0201. The molecule has 4 aromatic heterocycles. The van der Waals surface area contributed by atoms with E-state index in [2.05, 4.69) is 40.5 Å². The molecule has 4 N–H and O–H groups in total. The number of alkyl halides is 1. The molecule has 9 heterocycles. The number of amides is 2. The van der Waals surface area contributed by atoms with Gasteiger partial charge in [0.05, 0.1) is 23.2 Å². The van der Waals surface area contributed by atoms with Crippen LogP contribution >= 0.6 is 0 Å². The number of piperidine rings is 1. The SMILES string of the molecule is CCc1cccc2cc(O)cc(-c3ncc4c(N5CC6CCC(C5)N6)nc(OCCN5CCC(F)(CN6CCN(c7cc([C@@H](C(=O)N8C[C@H](O)C[C@H]8C(=O)N[C@@H](C)c8ccc(-c9ccnn9C)cc8)C(C)C)on7)CC6)CC5)nc4c3F)c12. The molecule has 21 heteroatoms. The molecule has 2 bridgehead atoms. The quantitative estimate of drug-likeness (QED) is 0.0714. The average Bonchev–Trinajstić information content (AvgIpc) is 3.09. The van der Waals surface area contributed by atoms with E-state index in [0.717, 1.165) is 46.0 Å². The summed E-state index contributed by atoms with van der Waals surface area (Å²) < 4.78 is 47.8. The number of β-amino-alcohol motifs (C(OH)–C–C–N with tert-alkyl or cyclic N) is 1. The maximum atomic E-state index is 17.1. The normalized spacial score (nSPS) is 22.0. The van der Waals surface area contributed by atoms with Gasteiger partial charge in [-0.25, -0.2) is 8.78 Å². The monoisotopic (exact) mass is 1140 g/mol. The number of carbonyl (C=O) groups excluding carboxylic acids is 2. The number of carbonyl (C=O) groups is 2. The molecule has 5 aliphatic heterocycles. The van der Waals surface area contributed by atoms with Gasteiger partial charge in [0.1, 0.15) is 47.0 Å². The van der Waals surface area contributed by atoms with Crippen molar-refractivity contribution in [3.05, 3.63) is 102 Å². The second-order valence-corrected chi connectivity index (χ2v) is 23.9. The number of aryl methyl sites for hydroxylation is 2. The third-order valence-electron chi connectivity index (χ3n) is 17.9. The Morgan fingerprint density at radius 2 is 1.69 bits per heavy atom. The van der Waals surface area contributed by atoms with Gasteiger partial charge >= 0.3 is 6.01 Å². The van der Waals surface area contributed by atoms with Crippen molar-refractivity contribution >= 4 is 45.1 Å². The predicted molar refractivity (Wildman–Crippen MR) is 313 cm³/mol. The van der Waals surface area contributed by atoms with Gasteiger partial charge in [0.2, 0.25) is 11.8 Å². The molecule has 19 nitrogen and oxygen atoms in total. The van der Waals surface area contributed by atoms with Crippen LogP contribution in [0.3, 0.4) is 0 Å². The molecule has 438 valence electrons. The van der Waals surface area contributed by atoms with E-state index >= 15 is 8.78 Å². The number of fused-ring (bicyclic) bond motifs is 4. The first kappa shape index (κ1) is 56.2. The Labute approximate surface area is 482 Å². The van der Waals surface area contributed by atoms with Gasteiger partial charge in [-0.15, -0.1) is 0 Å². The van der Waals surface area contributed by atoms with E-state index in [1.165, 1.54) is 4.90 Å². The molecule has 2 amide bonds. The van der Waals surface area contributed by atoms with Gasteiger partial charge in [-0.1, -0.05) is 68.4 Å². The maximum Gasteiger partial charge on any atom is 0.319 e. The van der Waals surface area contributed by atoms with E-state index in [1.54, 1.807) is 35.3 Å². The number of anilines is 2. The molecule has 5 saturated heterocycles. The standard InChI is InChI=1S/C62H75F2N13O6/c1-6-39-8-7-9-42-28-45(78)29-47(54(39)42)56-55(63)57-48(32-65-56)58(76-33-43-14-15-44(34-76)68-43)70-61(69-57)82-27-26-73-20-17-62(64,18-21-73)36-74-22-24-75(25-23-74)52-31-51(83-71-52)53(37(2)3)60(81)77-35-46(79)30-50(77)59(80)67-38(4)40-10-12-41(13-11-40)49-16-19-66-72(49)5/h7-13,16,19,28-29,31-32,37-38,43-44,46,50,53,68,78-79H,6,14-15,17-18,20-27,30,33-36H2,1-5H3,(H,67,80)/t38-,43?,44?,46+,50-,53-/m0/s1. The number of likely N-dealkylation sites (tertiary alicyclic amines) is 2. The summed E-state index contributed by atoms with van der Waals surface area (Å²) in [6.07, 6.45) is 6.24. The van der Waals surface area contributed by atoms with Crippen molar-refractivity contribution in [1.29, 1.82) is 0 Å². The number of nitrogens with one attached hydrogen (secondary N) is 2. The number of halogens is 2. The lowest BCUT2D eigenvalue weighted by molar-refractivity contribution is -0.141. The summed E-state index contributed by atoms with van der Waals surface area (Å²) in [5.41, 5.74) is 3.23. The summed E-state index contributed by atoms with van der Waals surface area (Å²) in [6, 6.07) is 20.2. The average molecular weight is 1140 g/mol. The van der Waals surface area contributed by atoms with Crippen LogP contribution in [-0.4, -0.2) is 175 Å². The summed E-state index contributed by atoms with van der Waals surface area (Å²) in [7, 11) is 1.89. The van der Waals surface area contributed by atoms with Crippen LogP contribution in [0.5, 0.6) is 11.8 Å². The number of benzene rings is 3. The number of aromatic nitrogens is 6. The molecule has 7 aromatic rings. The number of rotatable bonds is 17. The molecule has 0 radical (unpaired) electrons. The van der Waals surface area contributed by atoms with Gasteiger partial charge in [0.15, 0.2) is 17.4 Å². The molecule has 0 aliphatic carbocycles. The fourth-order valence-electron chi connectivity index (χ4n) is 13.4. The zero-order chi connectivity index (χ0) is 57.7. The summed E-state index contributed by atoms with van der Waals surface area (Å²) in [5.74, 6) is -0.576. The number of phenols is 1. The molecule has 5 fully saturated rings. The highest BCUT2D eigenvalue weighted by Crippen LogP contribution is 2.40. The van der Waals surface area contributed by atoms with E-state index in [1.807, 2.05) is 83.3 Å². The largest absolute Gasteiger partial charge is 0.508 e. The molecular weight excluding hydrogens is 1060 g/mol. The second-order valence-electron chi connectivity index (χ2n) is 23.9. The van der Waals surface area contributed by atoms with Gasteiger partial charge in [0, 0.05) is 122 Å². The number of nitrogens with zero attached hydrogens (tertiary/aromatic N) is 11. The number of aliphatic hydroxyl groups excluding tert-OH is 1.